The molecular formula is C19H19FN6O. The van der Waals surface area contributed by atoms with Gasteiger partial charge >= 0.3 is 0 Å². The number of anilines is 5. The van der Waals surface area contributed by atoms with E-state index in [1.807, 2.05) is 18.2 Å². The van der Waals surface area contributed by atoms with Gasteiger partial charge in [-0.3, -0.25) is 0 Å². The molecule has 3 aromatic rings. The van der Waals surface area contributed by atoms with E-state index in [0.717, 1.165) is 24.5 Å². The Hall–Kier alpha value is -3.26. The topological polar surface area (TPSA) is 75.2 Å². The lowest BCUT2D eigenvalue weighted by molar-refractivity contribution is 0.123. The molecule has 138 valence electrons. The molecule has 1 aliphatic rings. The van der Waals surface area contributed by atoms with E-state index in [9.17, 15) is 4.39 Å². The number of benzene rings is 2. The van der Waals surface area contributed by atoms with Crippen molar-refractivity contribution in [1.82, 2.24) is 15.2 Å². The van der Waals surface area contributed by atoms with Gasteiger partial charge in [-0.25, -0.2) is 4.39 Å². The van der Waals surface area contributed by atoms with E-state index in [1.165, 1.54) is 18.3 Å². The van der Waals surface area contributed by atoms with Gasteiger partial charge < -0.3 is 20.3 Å². The molecule has 0 aliphatic carbocycles. The molecular weight excluding hydrogens is 347 g/mol. The van der Waals surface area contributed by atoms with Crippen molar-refractivity contribution >= 4 is 28.8 Å². The summed E-state index contributed by atoms with van der Waals surface area (Å²) in [7, 11) is 0. The Morgan fingerprint density at radius 2 is 1.85 bits per heavy atom. The number of halogens is 1. The number of nitrogens with one attached hydrogen (secondary N) is 2. The van der Waals surface area contributed by atoms with Crippen LogP contribution in [-0.2, 0) is 4.74 Å². The van der Waals surface area contributed by atoms with Crippen molar-refractivity contribution in [2.24, 2.45) is 0 Å². The maximum absolute atomic E-state index is 13.3. The first-order valence-corrected chi connectivity index (χ1v) is 8.69. The maximum atomic E-state index is 13.3. The van der Waals surface area contributed by atoms with Crippen LogP contribution in [0, 0.1) is 5.82 Å². The second kappa shape index (κ2) is 7.96. The van der Waals surface area contributed by atoms with E-state index < -0.39 is 0 Å². The van der Waals surface area contributed by atoms with Crippen LogP contribution in [0.15, 0.2) is 54.7 Å². The summed E-state index contributed by atoms with van der Waals surface area (Å²) in [6.07, 6.45) is 1.49. The van der Waals surface area contributed by atoms with Crippen molar-refractivity contribution in [3.05, 3.63) is 60.5 Å². The molecule has 0 amide bonds. The van der Waals surface area contributed by atoms with Crippen molar-refractivity contribution < 1.29 is 9.13 Å². The third kappa shape index (κ3) is 4.29. The Kier molecular flexibility index (Phi) is 5.06. The van der Waals surface area contributed by atoms with Gasteiger partial charge in [0, 0.05) is 18.8 Å². The number of hydrogen-bond donors (Lipinski definition) is 2. The number of rotatable bonds is 5. The van der Waals surface area contributed by atoms with Gasteiger partial charge in [0.05, 0.1) is 30.8 Å². The summed E-state index contributed by atoms with van der Waals surface area (Å²) in [6.45, 7) is 3.08. The molecule has 2 aromatic carbocycles. The molecule has 7 nitrogen and oxygen atoms in total. The summed E-state index contributed by atoms with van der Waals surface area (Å²) >= 11 is 0. The van der Waals surface area contributed by atoms with Crippen LogP contribution in [0.3, 0.4) is 0 Å². The Labute approximate surface area is 156 Å². The van der Waals surface area contributed by atoms with Crippen LogP contribution in [0.2, 0.25) is 0 Å². The van der Waals surface area contributed by atoms with Crippen LogP contribution in [-0.4, -0.2) is 41.5 Å². The monoisotopic (exact) mass is 366 g/mol. The smallest absolute Gasteiger partial charge is 0.249 e. The number of morpholine rings is 1. The van der Waals surface area contributed by atoms with Gasteiger partial charge in [-0.05, 0) is 30.3 Å². The molecule has 27 heavy (non-hydrogen) atoms. The highest BCUT2D eigenvalue weighted by molar-refractivity contribution is 5.73. The van der Waals surface area contributed by atoms with E-state index in [-0.39, 0.29) is 5.82 Å². The predicted octanol–water partition coefficient (Wildman–Crippen LogP) is 3.33. The fourth-order valence-corrected chi connectivity index (χ4v) is 2.91. The van der Waals surface area contributed by atoms with Crippen molar-refractivity contribution in [1.29, 1.82) is 0 Å². The summed E-state index contributed by atoms with van der Waals surface area (Å²) in [5.41, 5.74) is 2.55. The molecule has 0 radical (unpaired) electrons. The second-order valence-electron chi connectivity index (χ2n) is 6.04. The molecule has 0 unspecified atom stereocenters. The van der Waals surface area contributed by atoms with Crippen LogP contribution < -0.4 is 15.5 Å². The highest BCUT2D eigenvalue weighted by Gasteiger charge is 2.15. The lowest BCUT2D eigenvalue weighted by Crippen LogP contribution is -2.36. The van der Waals surface area contributed by atoms with Crippen LogP contribution in [0.25, 0.3) is 0 Å². The van der Waals surface area contributed by atoms with Crippen molar-refractivity contribution in [3.63, 3.8) is 0 Å². The third-order valence-corrected chi connectivity index (χ3v) is 4.16. The molecule has 1 fully saturated rings. The molecule has 0 spiro atoms. The Balaban J connectivity index is 1.53. The number of para-hydroxylation sites is 2. The van der Waals surface area contributed by atoms with Crippen molar-refractivity contribution in [3.8, 4) is 0 Å². The molecule has 2 heterocycles. The van der Waals surface area contributed by atoms with E-state index in [1.54, 1.807) is 12.1 Å². The Bertz CT molecular complexity index is 916. The molecule has 1 aromatic heterocycles. The van der Waals surface area contributed by atoms with Crippen LogP contribution >= 0.6 is 0 Å². The second-order valence-corrected chi connectivity index (χ2v) is 6.04. The van der Waals surface area contributed by atoms with Gasteiger partial charge in [0.25, 0.3) is 0 Å². The molecule has 0 saturated carbocycles. The zero-order valence-electron chi connectivity index (χ0n) is 14.6. The Morgan fingerprint density at radius 3 is 2.70 bits per heavy atom. The van der Waals surface area contributed by atoms with Gasteiger partial charge in [-0.15, -0.1) is 5.10 Å². The van der Waals surface area contributed by atoms with Crippen molar-refractivity contribution in [2.45, 2.75) is 0 Å². The minimum Gasteiger partial charge on any atom is -0.378 e. The molecule has 1 aliphatic heterocycles. The van der Waals surface area contributed by atoms with Crippen LogP contribution in [0.4, 0.5) is 33.2 Å². The normalized spacial score (nSPS) is 14.0. The summed E-state index contributed by atoms with van der Waals surface area (Å²) in [4.78, 5) is 6.68. The maximum Gasteiger partial charge on any atom is 0.249 e. The fourth-order valence-electron chi connectivity index (χ4n) is 2.91. The number of hydrogen-bond acceptors (Lipinski definition) is 7. The van der Waals surface area contributed by atoms with E-state index in [4.69, 9.17) is 4.74 Å². The van der Waals surface area contributed by atoms with Crippen LogP contribution in [0.1, 0.15) is 0 Å². The van der Waals surface area contributed by atoms with Gasteiger partial charge in [0.2, 0.25) is 5.95 Å². The number of nitrogens with zero attached hydrogens (tertiary/aromatic N) is 4. The fraction of sp³-hybridized carbons (Fsp3) is 0.211. The molecule has 0 bridgehead atoms. The highest BCUT2D eigenvalue weighted by atomic mass is 19.1. The summed E-state index contributed by atoms with van der Waals surface area (Å²) < 4.78 is 18.8. The standard InChI is InChI=1S/C19H19FN6O/c20-14-4-3-5-15(12-14)22-18-13-21-25-19(24-18)23-16-6-1-2-7-17(16)26-8-10-27-11-9-26/h1-7,12-13H,8-11H2,(H2,22,23,24,25). The minimum atomic E-state index is -0.320. The first-order valence-electron chi connectivity index (χ1n) is 8.69. The quantitative estimate of drug-likeness (QED) is 0.717. The molecule has 8 heteroatoms. The average Bonchev–Trinajstić information content (AvgIpc) is 2.69. The SMILES string of the molecule is Fc1cccc(Nc2cnnc(Nc3ccccc3N3CCOCC3)n2)c1. The lowest BCUT2D eigenvalue weighted by Gasteiger charge is -2.30. The predicted molar refractivity (Wildman–Crippen MR) is 102 cm³/mol. The van der Waals surface area contributed by atoms with Gasteiger partial charge in [0.15, 0.2) is 5.82 Å². The third-order valence-electron chi connectivity index (χ3n) is 4.16. The lowest BCUT2D eigenvalue weighted by atomic mass is 10.2. The summed E-state index contributed by atoms with van der Waals surface area (Å²) in [5.74, 6) is 0.513. The summed E-state index contributed by atoms with van der Waals surface area (Å²) in [5, 5.41) is 14.3. The Morgan fingerprint density at radius 1 is 1.00 bits per heavy atom. The van der Waals surface area contributed by atoms with E-state index in [2.05, 4.69) is 36.8 Å². The molecule has 1 saturated heterocycles. The van der Waals surface area contributed by atoms with Gasteiger partial charge in [-0.2, -0.15) is 10.1 Å². The molecule has 0 atom stereocenters. The first kappa shape index (κ1) is 17.2. The van der Waals surface area contributed by atoms with Gasteiger partial charge in [0.1, 0.15) is 5.82 Å². The van der Waals surface area contributed by atoms with E-state index in [0.29, 0.717) is 30.7 Å². The number of aromatic nitrogens is 3. The van der Waals surface area contributed by atoms with E-state index >= 15 is 0 Å². The average molecular weight is 366 g/mol. The highest BCUT2D eigenvalue weighted by Crippen LogP contribution is 2.28. The zero-order chi connectivity index (χ0) is 18.5. The molecule has 2 N–H and O–H groups in total. The van der Waals surface area contributed by atoms with Crippen molar-refractivity contribution in [2.75, 3.05) is 41.8 Å². The van der Waals surface area contributed by atoms with Gasteiger partial charge in [-0.1, -0.05) is 18.2 Å². The molecule has 4 rings (SSSR count). The minimum absolute atomic E-state index is 0.320. The largest absolute Gasteiger partial charge is 0.378 e. The summed E-state index contributed by atoms with van der Waals surface area (Å²) in [6, 6.07) is 14.1. The van der Waals surface area contributed by atoms with Crippen LogP contribution in [0.5, 0.6) is 0 Å². The number of ether oxygens (including phenoxy) is 1. The zero-order valence-corrected chi connectivity index (χ0v) is 14.6. The first-order chi connectivity index (χ1) is 13.3.